The van der Waals surface area contributed by atoms with Crippen LogP contribution in [0.4, 0.5) is 0 Å². The summed E-state index contributed by atoms with van der Waals surface area (Å²) in [5.74, 6) is 2.34. The van der Waals surface area contributed by atoms with Crippen molar-refractivity contribution in [3.63, 3.8) is 0 Å². The topological polar surface area (TPSA) is 56.0 Å². The van der Waals surface area contributed by atoms with Crippen molar-refractivity contribution in [3.05, 3.63) is 46.9 Å². The summed E-state index contributed by atoms with van der Waals surface area (Å²) in [5.41, 5.74) is -0.0186. The fourth-order valence-corrected chi connectivity index (χ4v) is 4.21. The van der Waals surface area contributed by atoms with E-state index in [1.807, 2.05) is 6.20 Å². The quantitative estimate of drug-likeness (QED) is 0.859. The Morgan fingerprint density at radius 3 is 2.79 bits per heavy atom. The molecule has 6 heteroatoms. The Hall–Kier alpha value is -1.95. The van der Waals surface area contributed by atoms with Crippen molar-refractivity contribution in [2.75, 3.05) is 13.1 Å². The normalized spacial score (nSPS) is 22.4. The number of fused-ring (bicyclic) bond motifs is 1. The lowest BCUT2D eigenvalue weighted by Gasteiger charge is -2.26. The molecule has 0 bridgehead atoms. The van der Waals surface area contributed by atoms with E-state index in [4.69, 9.17) is 0 Å². The first kappa shape index (κ1) is 15.6. The van der Waals surface area contributed by atoms with Crippen LogP contribution in [0.2, 0.25) is 0 Å². The predicted molar refractivity (Wildman–Crippen MR) is 91.4 cm³/mol. The minimum Gasteiger partial charge on any atom is -0.333 e. The zero-order valence-corrected chi connectivity index (χ0v) is 14.0. The van der Waals surface area contributed by atoms with Gasteiger partial charge in [0.2, 0.25) is 0 Å². The van der Waals surface area contributed by atoms with E-state index in [-0.39, 0.29) is 5.56 Å². The monoisotopic (exact) mass is 327 g/mol. The molecule has 1 fully saturated rings. The number of hydrogen-bond donors (Lipinski definition) is 0. The van der Waals surface area contributed by atoms with Crippen LogP contribution in [-0.2, 0) is 19.6 Å². The first-order chi connectivity index (χ1) is 11.8. The maximum atomic E-state index is 12.0. The Bertz CT molecular complexity index is 731. The van der Waals surface area contributed by atoms with Gasteiger partial charge < -0.3 is 4.57 Å². The summed E-state index contributed by atoms with van der Waals surface area (Å²) in [7, 11) is 0. The number of nitrogens with zero attached hydrogens (tertiary/aromatic N) is 5. The third-order valence-corrected chi connectivity index (χ3v) is 5.35. The maximum Gasteiger partial charge on any atom is 0.266 e. The second-order valence-electron chi connectivity index (χ2n) is 7.25. The van der Waals surface area contributed by atoms with Crippen LogP contribution in [-0.4, -0.2) is 37.3 Å². The summed E-state index contributed by atoms with van der Waals surface area (Å²) in [5, 5.41) is 4.24. The fourth-order valence-electron chi connectivity index (χ4n) is 4.21. The zero-order valence-electron chi connectivity index (χ0n) is 14.0. The molecular formula is C18H25N5O. The highest BCUT2D eigenvalue weighted by Crippen LogP contribution is 2.27. The zero-order chi connectivity index (χ0) is 16.4. The number of imidazole rings is 1. The van der Waals surface area contributed by atoms with Crippen molar-refractivity contribution in [1.29, 1.82) is 0 Å². The van der Waals surface area contributed by atoms with E-state index in [9.17, 15) is 4.79 Å². The lowest BCUT2D eigenvalue weighted by atomic mass is 10.1. The molecule has 128 valence electrons. The molecule has 6 nitrogen and oxygen atoms in total. The lowest BCUT2D eigenvalue weighted by Crippen LogP contribution is -2.35. The van der Waals surface area contributed by atoms with Gasteiger partial charge in [0, 0.05) is 50.2 Å². The standard InChI is InChI=1S/C18H25N5O/c24-18-6-3-7-20-23(18)13-16-11-21(10-15-4-1-2-5-15)14-17-19-8-9-22(17)12-16/h3,6-9,15-16H,1-2,4-5,10-14H2/t16-/m0/s1. The van der Waals surface area contributed by atoms with Crippen molar-refractivity contribution in [3.8, 4) is 0 Å². The summed E-state index contributed by atoms with van der Waals surface area (Å²) in [4.78, 5) is 19.1. The van der Waals surface area contributed by atoms with Crippen LogP contribution in [0.3, 0.4) is 0 Å². The molecule has 3 heterocycles. The van der Waals surface area contributed by atoms with Gasteiger partial charge >= 0.3 is 0 Å². The average molecular weight is 327 g/mol. The van der Waals surface area contributed by atoms with Crippen LogP contribution in [0, 0.1) is 11.8 Å². The molecule has 0 unspecified atom stereocenters. The Kier molecular flexibility index (Phi) is 4.47. The van der Waals surface area contributed by atoms with E-state index in [0.29, 0.717) is 12.5 Å². The van der Waals surface area contributed by atoms with Gasteiger partial charge in [0.05, 0.1) is 13.1 Å². The maximum absolute atomic E-state index is 12.0. The van der Waals surface area contributed by atoms with E-state index in [0.717, 1.165) is 37.9 Å². The molecule has 24 heavy (non-hydrogen) atoms. The molecule has 0 N–H and O–H groups in total. The summed E-state index contributed by atoms with van der Waals surface area (Å²) in [6.45, 7) is 4.64. The largest absolute Gasteiger partial charge is 0.333 e. The highest BCUT2D eigenvalue weighted by Gasteiger charge is 2.26. The Morgan fingerprint density at radius 1 is 1.08 bits per heavy atom. The third kappa shape index (κ3) is 3.43. The first-order valence-electron chi connectivity index (χ1n) is 9.02. The Morgan fingerprint density at radius 2 is 1.96 bits per heavy atom. The molecule has 2 aromatic heterocycles. The van der Waals surface area contributed by atoms with Gasteiger partial charge in [-0.25, -0.2) is 9.67 Å². The Balaban J connectivity index is 1.52. The minimum absolute atomic E-state index is 0.0186. The molecule has 2 aromatic rings. The van der Waals surface area contributed by atoms with Crippen LogP contribution in [0.1, 0.15) is 31.5 Å². The van der Waals surface area contributed by atoms with Crippen molar-refractivity contribution >= 4 is 0 Å². The number of aromatic nitrogens is 4. The SMILES string of the molecule is O=c1cccnn1C[C@H]1CN(CC2CCCC2)Cc2nccn2C1. The van der Waals surface area contributed by atoms with Gasteiger partial charge in [0.15, 0.2) is 0 Å². The van der Waals surface area contributed by atoms with E-state index >= 15 is 0 Å². The summed E-state index contributed by atoms with van der Waals surface area (Å²) < 4.78 is 3.84. The Labute approximate surface area is 142 Å². The molecule has 0 aromatic carbocycles. The van der Waals surface area contributed by atoms with E-state index in [2.05, 4.69) is 25.7 Å². The minimum atomic E-state index is -0.0186. The highest BCUT2D eigenvalue weighted by atomic mass is 16.1. The molecule has 4 rings (SSSR count). The summed E-state index contributed by atoms with van der Waals surface area (Å²) >= 11 is 0. The van der Waals surface area contributed by atoms with Gasteiger partial charge in [0.25, 0.3) is 5.56 Å². The van der Waals surface area contributed by atoms with Crippen LogP contribution in [0.25, 0.3) is 0 Å². The summed E-state index contributed by atoms with van der Waals surface area (Å²) in [6.07, 6.45) is 11.1. The molecule has 1 saturated carbocycles. The van der Waals surface area contributed by atoms with Crippen molar-refractivity contribution in [1.82, 2.24) is 24.2 Å². The second kappa shape index (κ2) is 6.89. The van der Waals surface area contributed by atoms with Crippen LogP contribution in [0.5, 0.6) is 0 Å². The molecule has 0 saturated heterocycles. The molecule has 2 aliphatic rings. The lowest BCUT2D eigenvalue weighted by molar-refractivity contribution is 0.183. The average Bonchev–Trinajstić information content (AvgIpc) is 3.19. The van der Waals surface area contributed by atoms with Crippen molar-refractivity contribution in [2.45, 2.75) is 45.3 Å². The van der Waals surface area contributed by atoms with Crippen molar-refractivity contribution in [2.24, 2.45) is 11.8 Å². The number of hydrogen-bond acceptors (Lipinski definition) is 4. The van der Waals surface area contributed by atoms with E-state index in [1.165, 1.54) is 25.7 Å². The van der Waals surface area contributed by atoms with Gasteiger partial charge in [-0.05, 0) is 24.8 Å². The molecule has 0 amide bonds. The van der Waals surface area contributed by atoms with E-state index < -0.39 is 0 Å². The highest BCUT2D eigenvalue weighted by molar-refractivity contribution is 4.96. The molecule has 0 spiro atoms. The molecular weight excluding hydrogens is 302 g/mol. The molecule has 1 aliphatic heterocycles. The summed E-state index contributed by atoms with van der Waals surface area (Å²) in [6, 6.07) is 3.29. The van der Waals surface area contributed by atoms with Gasteiger partial charge in [-0.2, -0.15) is 5.10 Å². The van der Waals surface area contributed by atoms with Gasteiger partial charge in [0.1, 0.15) is 5.82 Å². The van der Waals surface area contributed by atoms with Crippen LogP contribution in [0.15, 0.2) is 35.5 Å². The molecule has 0 radical (unpaired) electrons. The van der Waals surface area contributed by atoms with Crippen molar-refractivity contribution < 1.29 is 0 Å². The fraction of sp³-hybridized carbons (Fsp3) is 0.611. The predicted octanol–water partition coefficient (Wildman–Crippen LogP) is 1.76. The first-order valence-corrected chi connectivity index (χ1v) is 9.02. The van der Waals surface area contributed by atoms with Crippen LogP contribution >= 0.6 is 0 Å². The van der Waals surface area contributed by atoms with Crippen LogP contribution < -0.4 is 5.56 Å². The van der Waals surface area contributed by atoms with Gasteiger partial charge in [-0.3, -0.25) is 9.69 Å². The molecule has 1 atom stereocenters. The second-order valence-corrected chi connectivity index (χ2v) is 7.25. The third-order valence-electron chi connectivity index (χ3n) is 5.35. The van der Waals surface area contributed by atoms with Gasteiger partial charge in [-0.1, -0.05) is 12.8 Å². The molecule has 1 aliphatic carbocycles. The number of rotatable bonds is 4. The van der Waals surface area contributed by atoms with Gasteiger partial charge in [-0.15, -0.1) is 0 Å². The van der Waals surface area contributed by atoms with E-state index in [1.54, 1.807) is 23.0 Å². The smallest absolute Gasteiger partial charge is 0.266 e.